The standard InChI is InChI=1S/C15H15F3N6/c16-15(17,18)10-1-3-11(4-2-10)23-5-7-24(8-6-23)14-12(9-19)13(20)21-22-14/h1-4H,5-8H2,(H3,20,21,22). The van der Waals surface area contributed by atoms with E-state index in [0.29, 0.717) is 37.6 Å². The molecule has 1 saturated heterocycles. The van der Waals surface area contributed by atoms with Crippen LogP contribution in [0.3, 0.4) is 0 Å². The summed E-state index contributed by atoms with van der Waals surface area (Å²) >= 11 is 0. The summed E-state index contributed by atoms with van der Waals surface area (Å²) in [6, 6.07) is 7.15. The summed E-state index contributed by atoms with van der Waals surface area (Å²) in [6.07, 6.45) is -4.33. The molecule has 0 unspecified atom stereocenters. The van der Waals surface area contributed by atoms with Crippen LogP contribution in [0.15, 0.2) is 24.3 Å². The summed E-state index contributed by atoms with van der Waals surface area (Å²) in [5, 5.41) is 15.8. The van der Waals surface area contributed by atoms with Gasteiger partial charge in [-0.15, -0.1) is 0 Å². The van der Waals surface area contributed by atoms with Gasteiger partial charge in [0.1, 0.15) is 17.5 Å². The van der Waals surface area contributed by atoms with Crippen LogP contribution in [0.2, 0.25) is 0 Å². The quantitative estimate of drug-likeness (QED) is 0.878. The third-order valence-electron chi connectivity index (χ3n) is 4.03. The summed E-state index contributed by atoms with van der Waals surface area (Å²) in [4.78, 5) is 3.94. The van der Waals surface area contributed by atoms with Gasteiger partial charge < -0.3 is 15.5 Å². The number of hydrogen-bond acceptors (Lipinski definition) is 5. The number of aromatic amines is 1. The van der Waals surface area contributed by atoms with Gasteiger partial charge >= 0.3 is 6.18 Å². The molecule has 9 heteroatoms. The van der Waals surface area contributed by atoms with E-state index in [4.69, 9.17) is 11.0 Å². The molecule has 0 bridgehead atoms. The van der Waals surface area contributed by atoms with Gasteiger partial charge in [-0.1, -0.05) is 0 Å². The molecule has 2 aromatic rings. The lowest BCUT2D eigenvalue weighted by molar-refractivity contribution is -0.137. The normalized spacial score (nSPS) is 15.4. The van der Waals surface area contributed by atoms with Crippen LogP contribution >= 0.6 is 0 Å². The number of anilines is 3. The molecule has 1 aromatic heterocycles. The molecule has 0 saturated carbocycles. The molecule has 3 N–H and O–H groups in total. The summed E-state index contributed by atoms with van der Waals surface area (Å²) in [5.74, 6) is 0.750. The predicted octanol–water partition coefficient (Wildman–Crippen LogP) is 2.21. The molecule has 2 heterocycles. The topological polar surface area (TPSA) is 85.0 Å². The van der Waals surface area contributed by atoms with Crippen molar-refractivity contribution in [2.45, 2.75) is 6.18 Å². The minimum atomic E-state index is -4.33. The average Bonchev–Trinajstić information content (AvgIpc) is 2.95. The Balaban J connectivity index is 1.68. The SMILES string of the molecule is N#Cc1c(N2CCN(c3ccc(C(F)(F)F)cc3)CC2)n[nH]c1N. The molecule has 3 rings (SSSR count). The highest BCUT2D eigenvalue weighted by molar-refractivity contribution is 5.64. The summed E-state index contributed by atoms with van der Waals surface area (Å²) < 4.78 is 37.8. The van der Waals surface area contributed by atoms with E-state index >= 15 is 0 Å². The molecule has 0 atom stereocenters. The fourth-order valence-corrected chi connectivity index (χ4v) is 2.72. The van der Waals surface area contributed by atoms with Gasteiger partial charge in [0.05, 0.1) is 5.56 Å². The van der Waals surface area contributed by atoms with Gasteiger partial charge in [-0.3, -0.25) is 5.10 Å². The highest BCUT2D eigenvalue weighted by Gasteiger charge is 2.30. The van der Waals surface area contributed by atoms with E-state index in [-0.39, 0.29) is 5.82 Å². The first-order chi connectivity index (χ1) is 11.4. The maximum atomic E-state index is 12.6. The number of piperazine rings is 1. The second kappa shape index (κ2) is 5.96. The number of nitriles is 1. The maximum absolute atomic E-state index is 12.6. The van der Waals surface area contributed by atoms with Crippen LogP contribution in [0, 0.1) is 11.3 Å². The highest BCUT2D eigenvalue weighted by Crippen LogP contribution is 2.31. The molecule has 1 fully saturated rings. The van der Waals surface area contributed by atoms with E-state index in [9.17, 15) is 13.2 Å². The zero-order chi connectivity index (χ0) is 17.3. The fraction of sp³-hybridized carbons (Fsp3) is 0.333. The Morgan fingerprint density at radius 1 is 1.08 bits per heavy atom. The van der Waals surface area contributed by atoms with Crippen molar-refractivity contribution >= 4 is 17.3 Å². The minimum absolute atomic E-state index is 0.234. The zero-order valence-electron chi connectivity index (χ0n) is 12.6. The highest BCUT2D eigenvalue weighted by atomic mass is 19.4. The molecule has 126 valence electrons. The van der Waals surface area contributed by atoms with Crippen molar-refractivity contribution in [1.29, 1.82) is 5.26 Å². The molecule has 1 aliphatic heterocycles. The summed E-state index contributed by atoms with van der Waals surface area (Å²) in [7, 11) is 0. The van der Waals surface area contributed by atoms with E-state index in [1.165, 1.54) is 12.1 Å². The first-order valence-electron chi connectivity index (χ1n) is 7.31. The van der Waals surface area contributed by atoms with Gasteiger partial charge in [0.2, 0.25) is 0 Å². The lowest BCUT2D eigenvalue weighted by Gasteiger charge is -2.36. The van der Waals surface area contributed by atoms with E-state index in [1.807, 2.05) is 15.9 Å². The van der Waals surface area contributed by atoms with Crippen molar-refractivity contribution in [3.8, 4) is 6.07 Å². The summed E-state index contributed by atoms with van der Waals surface area (Å²) in [6.45, 7) is 2.42. The van der Waals surface area contributed by atoms with Crippen LogP contribution in [-0.4, -0.2) is 36.4 Å². The second-order valence-electron chi connectivity index (χ2n) is 5.47. The number of alkyl halides is 3. The van der Waals surface area contributed by atoms with Crippen LogP contribution in [0.4, 0.5) is 30.5 Å². The Labute approximate surface area is 136 Å². The van der Waals surface area contributed by atoms with Crippen molar-refractivity contribution in [3.05, 3.63) is 35.4 Å². The van der Waals surface area contributed by atoms with Gasteiger partial charge in [0.15, 0.2) is 5.82 Å². The Hall–Kier alpha value is -2.89. The zero-order valence-corrected chi connectivity index (χ0v) is 12.6. The van der Waals surface area contributed by atoms with Crippen molar-refractivity contribution < 1.29 is 13.2 Å². The Morgan fingerprint density at radius 2 is 1.67 bits per heavy atom. The number of nitrogens with two attached hydrogens (primary N) is 1. The number of rotatable bonds is 2. The van der Waals surface area contributed by atoms with Gasteiger partial charge in [-0.25, -0.2) is 0 Å². The van der Waals surface area contributed by atoms with Gasteiger partial charge in [0, 0.05) is 31.9 Å². The van der Waals surface area contributed by atoms with E-state index < -0.39 is 11.7 Å². The molecule has 0 radical (unpaired) electrons. The van der Waals surface area contributed by atoms with Crippen LogP contribution in [-0.2, 0) is 6.18 Å². The first-order valence-corrected chi connectivity index (χ1v) is 7.31. The lowest BCUT2D eigenvalue weighted by Crippen LogP contribution is -2.47. The van der Waals surface area contributed by atoms with Crippen molar-refractivity contribution in [2.24, 2.45) is 0 Å². The number of halogens is 3. The van der Waals surface area contributed by atoms with Gasteiger partial charge in [-0.2, -0.15) is 23.5 Å². The number of nitrogens with one attached hydrogen (secondary N) is 1. The summed E-state index contributed by atoms with van der Waals surface area (Å²) in [5.41, 5.74) is 6.06. The third kappa shape index (κ3) is 2.95. The van der Waals surface area contributed by atoms with E-state index in [0.717, 1.165) is 17.8 Å². The number of H-pyrrole nitrogens is 1. The molecule has 0 spiro atoms. The van der Waals surface area contributed by atoms with Crippen LogP contribution in [0.5, 0.6) is 0 Å². The first kappa shape index (κ1) is 16.0. The smallest absolute Gasteiger partial charge is 0.383 e. The second-order valence-corrected chi connectivity index (χ2v) is 5.47. The molecule has 24 heavy (non-hydrogen) atoms. The molecule has 1 aliphatic rings. The number of nitrogen functional groups attached to an aromatic ring is 1. The van der Waals surface area contributed by atoms with Crippen molar-refractivity contribution in [1.82, 2.24) is 10.2 Å². The van der Waals surface area contributed by atoms with Crippen LogP contribution in [0.1, 0.15) is 11.1 Å². The van der Waals surface area contributed by atoms with Gasteiger partial charge in [0.25, 0.3) is 0 Å². The number of hydrogen-bond donors (Lipinski definition) is 2. The predicted molar refractivity (Wildman–Crippen MR) is 83.6 cm³/mol. The third-order valence-corrected chi connectivity index (χ3v) is 4.03. The molecule has 0 amide bonds. The number of benzene rings is 1. The molecular formula is C15H15F3N6. The number of nitrogens with zero attached hydrogens (tertiary/aromatic N) is 4. The fourth-order valence-electron chi connectivity index (χ4n) is 2.72. The van der Waals surface area contributed by atoms with E-state index in [1.54, 1.807) is 0 Å². The van der Waals surface area contributed by atoms with E-state index in [2.05, 4.69) is 10.2 Å². The average molecular weight is 336 g/mol. The lowest BCUT2D eigenvalue weighted by atomic mass is 10.1. The molecule has 6 nitrogen and oxygen atoms in total. The van der Waals surface area contributed by atoms with Crippen molar-refractivity contribution in [2.75, 3.05) is 41.7 Å². The van der Waals surface area contributed by atoms with Gasteiger partial charge in [-0.05, 0) is 24.3 Å². The molecular weight excluding hydrogens is 321 g/mol. The molecule has 1 aromatic carbocycles. The van der Waals surface area contributed by atoms with Crippen LogP contribution in [0.25, 0.3) is 0 Å². The minimum Gasteiger partial charge on any atom is -0.383 e. The van der Waals surface area contributed by atoms with Crippen molar-refractivity contribution in [3.63, 3.8) is 0 Å². The largest absolute Gasteiger partial charge is 0.416 e. The van der Waals surface area contributed by atoms with Crippen LogP contribution < -0.4 is 15.5 Å². The number of aromatic nitrogens is 2. The Morgan fingerprint density at radius 3 is 2.21 bits per heavy atom. The maximum Gasteiger partial charge on any atom is 0.416 e. The Bertz CT molecular complexity index is 751. The Kier molecular flexibility index (Phi) is 3.97. The molecule has 0 aliphatic carbocycles. The monoisotopic (exact) mass is 336 g/mol.